The van der Waals surface area contributed by atoms with Crippen molar-refractivity contribution < 1.29 is 12.8 Å². The van der Waals surface area contributed by atoms with Crippen molar-refractivity contribution in [1.82, 2.24) is 0 Å². The van der Waals surface area contributed by atoms with Crippen molar-refractivity contribution in [2.75, 3.05) is 5.75 Å². The van der Waals surface area contributed by atoms with E-state index in [0.29, 0.717) is 0 Å². The van der Waals surface area contributed by atoms with Crippen LogP contribution in [0.1, 0.15) is 12.5 Å². The van der Waals surface area contributed by atoms with Crippen molar-refractivity contribution in [3.8, 4) is 0 Å². The van der Waals surface area contributed by atoms with E-state index in [4.69, 9.17) is 10.7 Å². The minimum atomic E-state index is -3.32. The highest BCUT2D eigenvalue weighted by atomic mass is 35.7. The molecule has 1 aromatic carbocycles. The third kappa shape index (κ3) is 7.43. The molecule has 0 unspecified atom stereocenters. The zero-order valence-corrected chi connectivity index (χ0v) is 10.6. The Morgan fingerprint density at radius 3 is 2.25 bits per heavy atom. The lowest BCUT2D eigenvalue weighted by molar-refractivity contribution is 0.611. The van der Waals surface area contributed by atoms with E-state index < -0.39 is 9.05 Å². The van der Waals surface area contributed by atoms with Gasteiger partial charge in [-0.1, -0.05) is 31.2 Å². The molecular formula is C11H14ClFO2S. The van der Waals surface area contributed by atoms with E-state index in [1.165, 1.54) is 12.1 Å². The van der Waals surface area contributed by atoms with Crippen molar-refractivity contribution in [2.24, 2.45) is 0 Å². The molecule has 0 N–H and O–H groups in total. The summed E-state index contributed by atoms with van der Waals surface area (Å²) in [5.74, 6) is -0.255. The van der Waals surface area contributed by atoms with E-state index in [0.717, 1.165) is 12.0 Å². The summed E-state index contributed by atoms with van der Waals surface area (Å²) in [4.78, 5) is 0. The molecule has 0 aliphatic carbocycles. The van der Waals surface area contributed by atoms with Crippen LogP contribution in [0.5, 0.6) is 0 Å². The first-order valence-electron chi connectivity index (χ1n) is 4.67. The second kappa shape index (κ2) is 7.41. The van der Waals surface area contributed by atoms with E-state index in [-0.39, 0.29) is 11.6 Å². The van der Waals surface area contributed by atoms with Gasteiger partial charge in [0.05, 0.1) is 5.75 Å². The Morgan fingerprint density at radius 1 is 1.44 bits per heavy atom. The number of aryl methyl sites for hydroxylation is 1. The third-order valence-corrected chi connectivity index (χ3v) is 2.67. The summed E-state index contributed by atoms with van der Waals surface area (Å²) < 4.78 is 32.4. The van der Waals surface area contributed by atoms with Gasteiger partial charge in [0, 0.05) is 10.7 Å². The van der Waals surface area contributed by atoms with Crippen molar-refractivity contribution in [2.45, 2.75) is 13.3 Å². The lowest BCUT2D eigenvalue weighted by atomic mass is 10.2. The molecule has 0 atom stereocenters. The summed E-state index contributed by atoms with van der Waals surface area (Å²) in [7, 11) is 1.41. The van der Waals surface area contributed by atoms with Gasteiger partial charge in [-0.05, 0) is 18.1 Å². The van der Waals surface area contributed by atoms with Gasteiger partial charge in [-0.25, -0.2) is 12.8 Å². The first-order valence-corrected chi connectivity index (χ1v) is 7.15. The van der Waals surface area contributed by atoms with Crippen LogP contribution in [-0.4, -0.2) is 14.2 Å². The van der Waals surface area contributed by atoms with Crippen LogP contribution in [0, 0.1) is 5.82 Å². The molecule has 0 radical (unpaired) electrons. The van der Waals surface area contributed by atoms with Gasteiger partial charge in [-0.15, -0.1) is 6.58 Å². The molecule has 16 heavy (non-hydrogen) atoms. The van der Waals surface area contributed by atoms with Crippen molar-refractivity contribution >= 4 is 19.7 Å². The van der Waals surface area contributed by atoms with Crippen LogP contribution in [-0.2, 0) is 15.5 Å². The number of hydrogen-bond acceptors (Lipinski definition) is 2. The summed E-state index contributed by atoms with van der Waals surface area (Å²) in [6, 6.07) is 6.84. The highest BCUT2D eigenvalue weighted by Gasteiger charge is 1.97. The van der Waals surface area contributed by atoms with Gasteiger partial charge >= 0.3 is 0 Å². The third-order valence-electron chi connectivity index (χ3n) is 1.66. The smallest absolute Gasteiger partial charge is 0.212 e. The molecule has 90 valence electrons. The molecule has 0 heterocycles. The largest absolute Gasteiger partial charge is 0.236 e. The molecule has 0 fully saturated rings. The van der Waals surface area contributed by atoms with Gasteiger partial charge in [0.2, 0.25) is 9.05 Å². The normalized spacial score (nSPS) is 10.2. The Hall–Kier alpha value is -0.870. The molecule has 0 aliphatic heterocycles. The molecule has 0 aromatic heterocycles. The van der Waals surface area contributed by atoms with Crippen LogP contribution >= 0.6 is 10.7 Å². The highest BCUT2D eigenvalue weighted by Crippen LogP contribution is 2.05. The zero-order chi connectivity index (χ0) is 12.6. The Morgan fingerprint density at radius 2 is 2.00 bits per heavy atom. The summed E-state index contributed by atoms with van der Waals surface area (Å²) in [5.41, 5.74) is 0.789. The predicted molar refractivity (Wildman–Crippen MR) is 65.6 cm³/mol. The second-order valence-corrected chi connectivity index (χ2v) is 5.76. The Labute approximate surface area is 100 Å². The van der Waals surface area contributed by atoms with Gasteiger partial charge in [0.1, 0.15) is 5.82 Å². The average molecular weight is 265 g/mol. The van der Waals surface area contributed by atoms with Gasteiger partial charge in [-0.2, -0.15) is 0 Å². The quantitative estimate of drug-likeness (QED) is 0.621. The van der Waals surface area contributed by atoms with Gasteiger partial charge in [-0.3, -0.25) is 0 Å². The standard InChI is InChI=1S/C8H9F.C3H5ClO2S/c1-2-7-5-3-4-6-8(7)9;1-2-3-7(4,5)6/h3-6H,2H2,1H3;2H,1,3H2. The van der Waals surface area contributed by atoms with E-state index in [1.54, 1.807) is 12.1 Å². The van der Waals surface area contributed by atoms with Gasteiger partial charge in [0.15, 0.2) is 0 Å². The molecule has 0 spiro atoms. The van der Waals surface area contributed by atoms with E-state index in [9.17, 15) is 12.8 Å². The summed E-state index contributed by atoms with van der Waals surface area (Å²) in [6.07, 6.45) is 2.01. The Kier molecular flexibility index (Phi) is 7.01. The molecule has 5 heteroatoms. The summed E-state index contributed by atoms with van der Waals surface area (Å²) in [6.45, 7) is 5.13. The maximum Gasteiger partial charge on any atom is 0.236 e. The van der Waals surface area contributed by atoms with E-state index >= 15 is 0 Å². The topological polar surface area (TPSA) is 34.1 Å². The SMILES string of the molecule is C=CCS(=O)(=O)Cl.CCc1ccccc1F. The minimum Gasteiger partial charge on any atom is -0.212 e. The van der Waals surface area contributed by atoms with Crippen LogP contribution in [0.15, 0.2) is 36.9 Å². The van der Waals surface area contributed by atoms with Crippen LogP contribution in [0.25, 0.3) is 0 Å². The summed E-state index contributed by atoms with van der Waals surface area (Å²) in [5, 5.41) is 0. The molecule has 1 aromatic rings. The van der Waals surface area contributed by atoms with Crippen molar-refractivity contribution in [3.05, 3.63) is 48.3 Å². The molecule has 0 amide bonds. The minimum absolute atomic E-state index is 0.0972. The fourth-order valence-electron chi connectivity index (χ4n) is 0.926. The summed E-state index contributed by atoms with van der Waals surface area (Å²) >= 11 is 0. The molecule has 0 aliphatic rings. The fraction of sp³-hybridized carbons (Fsp3) is 0.273. The van der Waals surface area contributed by atoms with E-state index in [1.807, 2.05) is 13.0 Å². The number of halogens is 2. The molecule has 0 saturated heterocycles. The van der Waals surface area contributed by atoms with E-state index in [2.05, 4.69) is 6.58 Å². The van der Waals surface area contributed by atoms with Crippen LogP contribution in [0.2, 0.25) is 0 Å². The molecule has 1 rings (SSSR count). The highest BCUT2D eigenvalue weighted by molar-refractivity contribution is 8.13. The van der Waals surface area contributed by atoms with Gasteiger partial charge in [0.25, 0.3) is 0 Å². The molecule has 0 saturated carbocycles. The first-order chi connectivity index (χ1) is 7.40. The second-order valence-electron chi connectivity index (χ2n) is 2.94. The lowest BCUT2D eigenvalue weighted by Gasteiger charge is -1.94. The van der Waals surface area contributed by atoms with Gasteiger partial charge < -0.3 is 0 Å². The molecular weight excluding hydrogens is 251 g/mol. The Bertz CT molecular complexity index is 429. The monoisotopic (exact) mass is 264 g/mol. The number of rotatable bonds is 3. The van der Waals surface area contributed by atoms with Crippen LogP contribution in [0.4, 0.5) is 4.39 Å². The number of benzene rings is 1. The fourth-order valence-corrected chi connectivity index (χ4v) is 1.47. The van der Waals surface area contributed by atoms with Crippen molar-refractivity contribution in [3.63, 3.8) is 0 Å². The lowest BCUT2D eigenvalue weighted by Crippen LogP contribution is -1.90. The van der Waals surface area contributed by atoms with Crippen LogP contribution < -0.4 is 0 Å². The molecule has 0 bridgehead atoms. The predicted octanol–water partition coefficient (Wildman–Crippen LogP) is 3.13. The maximum absolute atomic E-state index is 12.6. The number of hydrogen-bond donors (Lipinski definition) is 0. The van der Waals surface area contributed by atoms with Crippen molar-refractivity contribution in [1.29, 1.82) is 0 Å². The first kappa shape index (κ1) is 15.1. The molecule has 2 nitrogen and oxygen atoms in total. The zero-order valence-electron chi connectivity index (χ0n) is 8.99. The Balaban J connectivity index is 0.000000293. The average Bonchev–Trinajstić information content (AvgIpc) is 2.17. The maximum atomic E-state index is 12.6. The van der Waals surface area contributed by atoms with Crippen LogP contribution in [0.3, 0.4) is 0 Å².